The maximum absolute atomic E-state index is 11.9. The number of hydrogen-bond acceptors (Lipinski definition) is 5. The van der Waals surface area contributed by atoms with Crippen LogP contribution < -0.4 is 16.0 Å². The fraction of sp³-hybridized carbons (Fsp3) is 0.0714. The number of pyridine rings is 1. The second-order valence-corrected chi connectivity index (χ2v) is 4.30. The van der Waals surface area contributed by atoms with E-state index in [9.17, 15) is 4.79 Å². The van der Waals surface area contributed by atoms with E-state index in [4.69, 9.17) is 10.5 Å². The van der Waals surface area contributed by atoms with Crippen LogP contribution in [0.4, 0.5) is 5.69 Å². The summed E-state index contributed by atoms with van der Waals surface area (Å²) in [4.78, 5) is 20.1. The van der Waals surface area contributed by atoms with Crippen LogP contribution >= 0.6 is 0 Å². The van der Waals surface area contributed by atoms with E-state index in [1.165, 1.54) is 10.8 Å². The average molecular weight is 268 g/mol. The molecule has 0 radical (unpaired) electrons. The molecule has 3 rings (SSSR count). The van der Waals surface area contributed by atoms with Crippen LogP contribution in [-0.4, -0.2) is 14.5 Å². The fourth-order valence-electron chi connectivity index (χ4n) is 1.91. The van der Waals surface area contributed by atoms with E-state index in [1.807, 2.05) is 6.07 Å². The predicted molar refractivity (Wildman–Crippen MR) is 75.7 cm³/mol. The molecular formula is C14H12N4O2. The summed E-state index contributed by atoms with van der Waals surface area (Å²) >= 11 is 0. The monoisotopic (exact) mass is 268 g/mol. The zero-order valence-corrected chi connectivity index (χ0v) is 10.8. The summed E-state index contributed by atoms with van der Waals surface area (Å²) in [5, 5.41) is 0.736. The smallest absolute Gasteiger partial charge is 0.313 e. The topological polar surface area (TPSA) is 83.0 Å². The summed E-state index contributed by atoms with van der Waals surface area (Å²) in [5.41, 5.74) is 6.76. The van der Waals surface area contributed by atoms with E-state index in [-0.39, 0.29) is 11.4 Å². The highest BCUT2D eigenvalue weighted by molar-refractivity contribution is 5.93. The molecule has 0 aliphatic carbocycles. The van der Waals surface area contributed by atoms with E-state index in [1.54, 1.807) is 37.6 Å². The van der Waals surface area contributed by atoms with Crippen LogP contribution in [0.3, 0.4) is 0 Å². The number of ether oxygens (including phenoxy) is 1. The third kappa shape index (κ3) is 1.97. The van der Waals surface area contributed by atoms with Gasteiger partial charge in [-0.2, -0.15) is 0 Å². The number of fused-ring (bicyclic) bond motifs is 1. The number of nitrogens with zero attached hydrogens (tertiary/aromatic N) is 3. The molecular weight excluding hydrogens is 256 g/mol. The molecule has 2 N–H and O–H groups in total. The van der Waals surface area contributed by atoms with E-state index in [0.717, 1.165) is 5.39 Å². The van der Waals surface area contributed by atoms with Crippen LogP contribution in [0, 0.1) is 0 Å². The van der Waals surface area contributed by atoms with Gasteiger partial charge >= 0.3 is 5.56 Å². The molecule has 0 aliphatic heterocycles. The van der Waals surface area contributed by atoms with Crippen LogP contribution in [0.5, 0.6) is 11.6 Å². The summed E-state index contributed by atoms with van der Waals surface area (Å²) < 4.78 is 7.02. The summed E-state index contributed by atoms with van der Waals surface area (Å²) in [6.07, 6.45) is 4.73. The number of hydrogen-bond donors (Lipinski definition) is 1. The molecule has 2 aromatic heterocycles. The minimum absolute atomic E-state index is 0.0184. The lowest BCUT2D eigenvalue weighted by molar-refractivity contribution is 0.453. The Labute approximate surface area is 114 Å². The van der Waals surface area contributed by atoms with E-state index in [0.29, 0.717) is 17.0 Å². The SMILES string of the molecule is Cn1ccnc(Oc2ccc(N)c3ncccc23)c1=O. The van der Waals surface area contributed by atoms with Gasteiger partial charge in [0.15, 0.2) is 0 Å². The number of aryl methyl sites for hydroxylation is 1. The maximum atomic E-state index is 11.9. The molecule has 6 nitrogen and oxygen atoms in total. The van der Waals surface area contributed by atoms with Crippen molar-refractivity contribution in [3.63, 3.8) is 0 Å². The summed E-state index contributed by atoms with van der Waals surface area (Å²) in [6, 6.07) is 7.01. The lowest BCUT2D eigenvalue weighted by atomic mass is 10.2. The maximum Gasteiger partial charge on any atom is 0.313 e. The number of anilines is 1. The Morgan fingerprint density at radius 3 is 2.90 bits per heavy atom. The van der Waals surface area contributed by atoms with Crippen LogP contribution in [0.1, 0.15) is 0 Å². The summed E-state index contributed by atoms with van der Waals surface area (Å²) in [7, 11) is 1.64. The van der Waals surface area contributed by atoms with Crippen LogP contribution in [-0.2, 0) is 7.05 Å². The second kappa shape index (κ2) is 4.65. The van der Waals surface area contributed by atoms with Crippen molar-refractivity contribution in [3.8, 4) is 11.6 Å². The number of nitrogens with two attached hydrogens (primary N) is 1. The molecule has 0 bridgehead atoms. The molecule has 100 valence electrons. The van der Waals surface area contributed by atoms with Gasteiger partial charge in [-0.15, -0.1) is 0 Å². The molecule has 3 aromatic rings. The number of rotatable bonds is 2. The Kier molecular flexibility index (Phi) is 2.83. The Balaban J connectivity index is 2.14. The molecule has 0 amide bonds. The van der Waals surface area contributed by atoms with E-state index >= 15 is 0 Å². The highest BCUT2D eigenvalue weighted by Gasteiger charge is 2.10. The van der Waals surface area contributed by atoms with Crippen molar-refractivity contribution in [2.24, 2.45) is 7.05 Å². The van der Waals surface area contributed by atoms with Gasteiger partial charge in [-0.1, -0.05) is 0 Å². The fourth-order valence-corrected chi connectivity index (χ4v) is 1.91. The first kappa shape index (κ1) is 12.2. The number of aromatic nitrogens is 3. The Morgan fingerprint density at radius 2 is 2.05 bits per heavy atom. The molecule has 0 aliphatic rings. The van der Waals surface area contributed by atoms with Gasteiger partial charge in [-0.3, -0.25) is 9.78 Å². The normalized spacial score (nSPS) is 10.7. The Morgan fingerprint density at radius 1 is 1.20 bits per heavy atom. The van der Waals surface area contributed by atoms with Gasteiger partial charge in [0.1, 0.15) is 5.75 Å². The third-order valence-electron chi connectivity index (χ3n) is 2.95. The minimum Gasteiger partial charge on any atom is -0.434 e. The standard InChI is InChI=1S/C14H12N4O2/c1-18-8-7-17-13(14(18)19)20-11-5-4-10(15)12-9(11)3-2-6-16-12/h2-8H,15H2,1H3. The van der Waals surface area contributed by atoms with Gasteiger partial charge < -0.3 is 15.0 Å². The van der Waals surface area contributed by atoms with Gasteiger partial charge in [-0.05, 0) is 24.3 Å². The van der Waals surface area contributed by atoms with Crippen molar-refractivity contribution >= 4 is 16.6 Å². The summed E-state index contributed by atoms with van der Waals surface area (Å²) in [5.74, 6) is 0.517. The molecule has 0 saturated carbocycles. The van der Waals surface area contributed by atoms with Crippen molar-refractivity contribution in [1.29, 1.82) is 0 Å². The van der Waals surface area contributed by atoms with Gasteiger partial charge in [0.2, 0.25) is 0 Å². The van der Waals surface area contributed by atoms with Crippen LogP contribution in [0.25, 0.3) is 10.9 Å². The molecule has 20 heavy (non-hydrogen) atoms. The molecule has 0 spiro atoms. The second-order valence-electron chi connectivity index (χ2n) is 4.30. The van der Waals surface area contributed by atoms with Crippen molar-refractivity contribution in [3.05, 3.63) is 53.2 Å². The van der Waals surface area contributed by atoms with Crippen molar-refractivity contribution in [2.75, 3.05) is 5.73 Å². The first-order valence-corrected chi connectivity index (χ1v) is 5.99. The number of nitrogen functional groups attached to an aromatic ring is 1. The molecule has 0 atom stereocenters. The van der Waals surface area contributed by atoms with Crippen molar-refractivity contribution in [1.82, 2.24) is 14.5 Å². The van der Waals surface area contributed by atoms with Crippen LogP contribution in [0.2, 0.25) is 0 Å². The predicted octanol–water partition coefficient (Wildman–Crippen LogP) is 1.70. The minimum atomic E-state index is -0.304. The van der Waals surface area contributed by atoms with Gasteiger partial charge in [0, 0.05) is 31.0 Å². The Bertz CT molecular complexity index is 842. The highest BCUT2D eigenvalue weighted by Crippen LogP contribution is 2.30. The van der Waals surface area contributed by atoms with E-state index < -0.39 is 0 Å². The van der Waals surface area contributed by atoms with Crippen molar-refractivity contribution in [2.45, 2.75) is 0 Å². The largest absolute Gasteiger partial charge is 0.434 e. The molecule has 0 unspecified atom stereocenters. The molecule has 0 saturated heterocycles. The lowest BCUT2D eigenvalue weighted by Gasteiger charge is -2.09. The first-order chi connectivity index (χ1) is 9.66. The van der Waals surface area contributed by atoms with Gasteiger partial charge in [-0.25, -0.2) is 4.98 Å². The average Bonchev–Trinajstić information content (AvgIpc) is 2.47. The highest BCUT2D eigenvalue weighted by atomic mass is 16.5. The first-order valence-electron chi connectivity index (χ1n) is 5.99. The van der Waals surface area contributed by atoms with Gasteiger partial charge in [0.25, 0.3) is 5.88 Å². The third-order valence-corrected chi connectivity index (χ3v) is 2.95. The zero-order valence-electron chi connectivity index (χ0n) is 10.8. The van der Waals surface area contributed by atoms with Crippen LogP contribution in [0.15, 0.2) is 47.7 Å². The summed E-state index contributed by atoms with van der Waals surface area (Å²) in [6.45, 7) is 0. The molecule has 0 fully saturated rings. The van der Waals surface area contributed by atoms with Crippen molar-refractivity contribution < 1.29 is 4.74 Å². The number of benzene rings is 1. The van der Waals surface area contributed by atoms with Gasteiger partial charge in [0.05, 0.1) is 11.2 Å². The molecule has 2 heterocycles. The zero-order chi connectivity index (χ0) is 14.1. The molecule has 1 aromatic carbocycles. The lowest BCUT2D eigenvalue weighted by Crippen LogP contribution is -2.18. The molecule has 6 heteroatoms. The quantitative estimate of drug-likeness (QED) is 0.715. The Hall–Kier alpha value is -2.89. The van der Waals surface area contributed by atoms with E-state index in [2.05, 4.69) is 9.97 Å².